The average molecular weight is 365 g/mol. The Morgan fingerprint density at radius 2 is 1.96 bits per heavy atom. The van der Waals surface area contributed by atoms with E-state index >= 15 is 0 Å². The Balaban J connectivity index is 1.63. The summed E-state index contributed by atoms with van der Waals surface area (Å²) in [6, 6.07) is 17.4. The number of hydrogen-bond acceptors (Lipinski definition) is 5. The Bertz CT molecular complexity index is 839. The molecule has 3 rings (SSSR count). The zero-order chi connectivity index (χ0) is 18.4. The van der Waals surface area contributed by atoms with Crippen LogP contribution in [0, 0.1) is 11.3 Å². The summed E-state index contributed by atoms with van der Waals surface area (Å²) in [7, 11) is 0. The maximum absolute atomic E-state index is 12.2. The van der Waals surface area contributed by atoms with Gasteiger partial charge >= 0.3 is 0 Å². The average Bonchev–Trinajstić information content (AvgIpc) is 3.00. The van der Waals surface area contributed by atoms with Crippen molar-refractivity contribution >= 4 is 29.4 Å². The first-order valence-electron chi connectivity index (χ1n) is 8.32. The highest BCUT2D eigenvalue weighted by atomic mass is 32.2. The molecule has 0 bridgehead atoms. The van der Waals surface area contributed by atoms with Crippen molar-refractivity contribution in [3.63, 3.8) is 0 Å². The number of thioether (sulfide) groups is 1. The van der Waals surface area contributed by atoms with Gasteiger partial charge in [-0.05, 0) is 47.9 Å². The predicted octanol–water partition coefficient (Wildman–Crippen LogP) is 3.75. The Morgan fingerprint density at radius 3 is 2.62 bits per heavy atom. The number of hydrogen-bond donors (Lipinski definition) is 2. The van der Waals surface area contributed by atoms with Gasteiger partial charge in [-0.2, -0.15) is 5.26 Å². The van der Waals surface area contributed by atoms with Gasteiger partial charge in [-0.1, -0.05) is 43.0 Å². The van der Waals surface area contributed by atoms with Gasteiger partial charge in [0.1, 0.15) is 11.8 Å². The molecule has 1 aliphatic rings. The minimum Gasteiger partial charge on any atom is -0.479 e. The molecule has 1 amide bonds. The number of rotatable bonds is 6. The van der Waals surface area contributed by atoms with Gasteiger partial charge in [-0.3, -0.25) is 4.79 Å². The van der Waals surface area contributed by atoms with Crippen molar-refractivity contribution in [2.45, 2.75) is 18.8 Å². The van der Waals surface area contributed by atoms with E-state index in [4.69, 9.17) is 10.00 Å². The van der Waals surface area contributed by atoms with Crippen molar-refractivity contribution in [2.75, 3.05) is 11.9 Å². The van der Waals surface area contributed by atoms with Gasteiger partial charge in [0, 0.05) is 5.69 Å². The molecule has 0 radical (unpaired) electrons. The van der Waals surface area contributed by atoms with E-state index in [9.17, 15) is 4.79 Å². The second kappa shape index (κ2) is 8.45. The van der Waals surface area contributed by atoms with E-state index in [2.05, 4.69) is 29.7 Å². The van der Waals surface area contributed by atoms with Crippen LogP contribution in [0.4, 0.5) is 5.69 Å². The molecule has 5 nitrogen and oxygen atoms in total. The van der Waals surface area contributed by atoms with Gasteiger partial charge < -0.3 is 15.4 Å². The van der Waals surface area contributed by atoms with Gasteiger partial charge in [-0.15, -0.1) is 0 Å². The lowest BCUT2D eigenvalue weighted by Gasteiger charge is -2.12. The summed E-state index contributed by atoms with van der Waals surface area (Å²) in [4.78, 5) is 12.8. The van der Waals surface area contributed by atoms with Gasteiger partial charge in [-0.25, -0.2) is 0 Å². The Labute approximate surface area is 157 Å². The number of carbonyl (C=O) groups is 1. The van der Waals surface area contributed by atoms with Crippen LogP contribution in [0.15, 0.2) is 53.4 Å². The maximum Gasteiger partial charge on any atom is 0.260 e. The van der Waals surface area contributed by atoms with E-state index in [1.54, 1.807) is 12.1 Å². The molecule has 6 heteroatoms. The summed E-state index contributed by atoms with van der Waals surface area (Å²) < 4.78 is 5.22. The standard InChI is InChI=1S/C20H19N3O2S/c1-2-14-3-7-16(8-4-14)22-20-23-19(24)18(26-20)13-15-5-9-17(10-6-15)25-12-11-21/h3-10,13,20,22H,2,12H2,1H3,(H,23,24)/b18-13-/t20-/m0/s1. The van der Waals surface area contributed by atoms with E-state index in [1.807, 2.05) is 36.4 Å². The molecular formula is C20H19N3O2S. The van der Waals surface area contributed by atoms with Gasteiger partial charge in [0.25, 0.3) is 5.91 Å². The molecule has 1 heterocycles. The number of ether oxygens (including phenoxy) is 1. The molecule has 1 saturated heterocycles. The fraction of sp³-hybridized carbons (Fsp3) is 0.200. The lowest BCUT2D eigenvalue weighted by atomic mass is 10.1. The van der Waals surface area contributed by atoms with E-state index in [0.29, 0.717) is 10.7 Å². The first kappa shape index (κ1) is 17.9. The molecule has 132 valence electrons. The Kier molecular flexibility index (Phi) is 5.82. The molecule has 0 saturated carbocycles. The molecule has 1 atom stereocenters. The molecule has 2 aromatic carbocycles. The Morgan fingerprint density at radius 1 is 1.23 bits per heavy atom. The molecule has 2 aromatic rings. The van der Waals surface area contributed by atoms with Crippen LogP contribution in [0.25, 0.3) is 6.08 Å². The van der Waals surface area contributed by atoms with Gasteiger partial charge in [0.15, 0.2) is 12.1 Å². The largest absolute Gasteiger partial charge is 0.479 e. The van der Waals surface area contributed by atoms with Crippen LogP contribution in [0.2, 0.25) is 0 Å². The molecule has 2 N–H and O–H groups in total. The third-order valence-electron chi connectivity index (χ3n) is 3.87. The fourth-order valence-corrected chi connectivity index (χ4v) is 3.47. The topological polar surface area (TPSA) is 74.2 Å². The number of nitrogens with one attached hydrogen (secondary N) is 2. The van der Waals surface area contributed by atoms with Crippen molar-refractivity contribution < 1.29 is 9.53 Å². The third-order valence-corrected chi connectivity index (χ3v) is 4.90. The van der Waals surface area contributed by atoms with Crippen molar-refractivity contribution in [1.82, 2.24) is 5.32 Å². The first-order chi connectivity index (χ1) is 12.7. The highest BCUT2D eigenvalue weighted by molar-refractivity contribution is 8.05. The molecular weight excluding hydrogens is 346 g/mol. The summed E-state index contributed by atoms with van der Waals surface area (Å²) in [6.45, 7) is 2.14. The number of carbonyl (C=O) groups excluding carboxylic acids is 1. The molecule has 0 aliphatic carbocycles. The number of anilines is 1. The van der Waals surface area contributed by atoms with E-state index in [0.717, 1.165) is 17.7 Å². The summed E-state index contributed by atoms with van der Waals surface area (Å²) >= 11 is 1.45. The summed E-state index contributed by atoms with van der Waals surface area (Å²) in [5.41, 5.74) is 2.96. The Hall–Kier alpha value is -2.91. The van der Waals surface area contributed by atoms with Crippen molar-refractivity contribution in [2.24, 2.45) is 0 Å². The van der Waals surface area contributed by atoms with Crippen LogP contribution in [-0.2, 0) is 11.2 Å². The minimum absolute atomic E-state index is 0.0191. The third kappa shape index (κ3) is 4.58. The first-order valence-corrected chi connectivity index (χ1v) is 9.20. The zero-order valence-electron chi connectivity index (χ0n) is 14.4. The normalized spacial score (nSPS) is 17.6. The second-order valence-electron chi connectivity index (χ2n) is 5.69. The summed E-state index contributed by atoms with van der Waals surface area (Å²) in [6.07, 6.45) is 2.85. The number of nitrogens with zero attached hydrogens (tertiary/aromatic N) is 1. The monoisotopic (exact) mass is 365 g/mol. The quantitative estimate of drug-likeness (QED) is 0.763. The smallest absolute Gasteiger partial charge is 0.260 e. The molecule has 1 fully saturated rings. The molecule has 0 aromatic heterocycles. The van der Waals surface area contributed by atoms with Crippen molar-refractivity contribution in [3.8, 4) is 11.8 Å². The molecule has 0 unspecified atom stereocenters. The van der Waals surface area contributed by atoms with Crippen LogP contribution in [0.3, 0.4) is 0 Å². The SMILES string of the molecule is CCc1ccc(N[C@H]2NC(=O)/C(=C/c3ccc(OCC#N)cc3)S2)cc1. The maximum atomic E-state index is 12.2. The minimum atomic E-state index is -0.195. The number of amides is 1. The molecule has 0 spiro atoms. The van der Waals surface area contributed by atoms with E-state index in [1.165, 1.54) is 17.3 Å². The fourth-order valence-electron chi connectivity index (χ4n) is 2.48. The molecule has 1 aliphatic heterocycles. The van der Waals surface area contributed by atoms with Crippen LogP contribution in [-0.4, -0.2) is 18.0 Å². The number of nitriles is 1. The lowest BCUT2D eigenvalue weighted by Crippen LogP contribution is -2.30. The van der Waals surface area contributed by atoms with Gasteiger partial charge in [0.2, 0.25) is 0 Å². The highest BCUT2D eigenvalue weighted by Crippen LogP contribution is 2.30. The summed E-state index contributed by atoms with van der Waals surface area (Å²) in [5, 5.41) is 14.8. The van der Waals surface area contributed by atoms with E-state index in [-0.39, 0.29) is 18.0 Å². The number of aryl methyl sites for hydroxylation is 1. The number of benzene rings is 2. The van der Waals surface area contributed by atoms with Gasteiger partial charge in [0.05, 0.1) is 4.91 Å². The second-order valence-corrected chi connectivity index (χ2v) is 6.84. The zero-order valence-corrected chi connectivity index (χ0v) is 15.2. The lowest BCUT2D eigenvalue weighted by molar-refractivity contribution is -0.116. The van der Waals surface area contributed by atoms with Crippen LogP contribution in [0.1, 0.15) is 18.1 Å². The predicted molar refractivity (Wildman–Crippen MR) is 104 cm³/mol. The van der Waals surface area contributed by atoms with Crippen LogP contribution < -0.4 is 15.4 Å². The van der Waals surface area contributed by atoms with Crippen LogP contribution >= 0.6 is 11.8 Å². The highest BCUT2D eigenvalue weighted by Gasteiger charge is 2.27. The van der Waals surface area contributed by atoms with Crippen molar-refractivity contribution in [1.29, 1.82) is 5.26 Å². The van der Waals surface area contributed by atoms with Crippen molar-refractivity contribution in [3.05, 3.63) is 64.6 Å². The summed E-state index contributed by atoms with van der Waals surface area (Å²) in [5.74, 6) is 0.537. The van der Waals surface area contributed by atoms with E-state index < -0.39 is 0 Å². The van der Waals surface area contributed by atoms with Crippen LogP contribution in [0.5, 0.6) is 5.75 Å². The molecule has 26 heavy (non-hydrogen) atoms.